The first-order valence-electron chi connectivity index (χ1n) is 11.2. The molecule has 0 spiro atoms. The standard InChI is InChI=1S/C26H22F3N5O3/c1-32-12-20(16-6-4-15(5-7-16)14-37-3)18(9-23(32)35)21-13-33(2)25(36)24-19(21)8-22(31-24)17-10-30-34(11-17)26(27,28)29/h4-13,31H,14H2,1-3H3. The number of ether oxygens (including phenoxy) is 1. The summed E-state index contributed by atoms with van der Waals surface area (Å²) in [5.41, 5.74) is 3.79. The third-order valence-corrected chi connectivity index (χ3v) is 6.21. The molecule has 0 aliphatic carbocycles. The maximum absolute atomic E-state index is 13.1. The Morgan fingerprint density at radius 1 is 0.919 bits per heavy atom. The summed E-state index contributed by atoms with van der Waals surface area (Å²) in [6.07, 6.45) is 0.608. The summed E-state index contributed by atoms with van der Waals surface area (Å²) < 4.78 is 47.1. The molecule has 5 aromatic rings. The zero-order valence-corrected chi connectivity index (χ0v) is 20.1. The van der Waals surface area contributed by atoms with Crippen molar-refractivity contribution in [2.75, 3.05) is 7.11 Å². The summed E-state index contributed by atoms with van der Waals surface area (Å²) in [7, 11) is 4.84. The van der Waals surface area contributed by atoms with Gasteiger partial charge in [-0.3, -0.25) is 9.59 Å². The molecule has 0 amide bonds. The number of halogens is 3. The van der Waals surface area contributed by atoms with E-state index in [2.05, 4.69) is 10.1 Å². The highest BCUT2D eigenvalue weighted by atomic mass is 19.4. The number of nitrogens with zero attached hydrogens (tertiary/aromatic N) is 4. The van der Waals surface area contributed by atoms with E-state index >= 15 is 0 Å². The fraction of sp³-hybridized carbons (Fsp3) is 0.192. The minimum Gasteiger partial charge on any atom is -0.380 e. The molecule has 1 N–H and O–H groups in total. The predicted molar refractivity (Wildman–Crippen MR) is 133 cm³/mol. The fourth-order valence-electron chi connectivity index (χ4n) is 4.33. The average molecular weight is 509 g/mol. The number of hydrogen-bond donors (Lipinski definition) is 1. The molecule has 0 aliphatic heterocycles. The van der Waals surface area contributed by atoms with Crippen LogP contribution in [0.5, 0.6) is 0 Å². The van der Waals surface area contributed by atoms with Gasteiger partial charge in [0.2, 0.25) is 0 Å². The molecular formula is C26H22F3N5O3. The average Bonchev–Trinajstić information content (AvgIpc) is 3.52. The molecule has 8 nitrogen and oxygen atoms in total. The normalized spacial score (nSPS) is 11.9. The number of aryl methyl sites for hydroxylation is 2. The third kappa shape index (κ3) is 4.38. The molecule has 0 saturated heterocycles. The van der Waals surface area contributed by atoms with E-state index in [4.69, 9.17) is 4.74 Å². The Morgan fingerprint density at radius 3 is 2.27 bits per heavy atom. The van der Waals surface area contributed by atoms with Crippen molar-refractivity contribution in [2.24, 2.45) is 14.1 Å². The van der Waals surface area contributed by atoms with Crippen LogP contribution in [0.25, 0.3) is 44.4 Å². The van der Waals surface area contributed by atoms with Gasteiger partial charge in [0.15, 0.2) is 0 Å². The van der Waals surface area contributed by atoms with Crippen LogP contribution in [0.15, 0.2) is 70.8 Å². The van der Waals surface area contributed by atoms with Crippen molar-refractivity contribution in [1.29, 1.82) is 0 Å². The Labute approximate surface area is 208 Å². The van der Waals surface area contributed by atoms with Crippen molar-refractivity contribution >= 4 is 10.9 Å². The summed E-state index contributed by atoms with van der Waals surface area (Å²) in [4.78, 5) is 28.6. The van der Waals surface area contributed by atoms with E-state index < -0.39 is 6.30 Å². The van der Waals surface area contributed by atoms with E-state index in [1.165, 1.54) is 15.2 Å². The van der Waals surface area contributed by atoms with E-state index in [9.17, 15) is 22.8 Å². The third-order valence-electron chi connectivity index (χ3n) is 6.21. The van der Waals surface area contributed by atoms with Crippen LogP contribution in [-0.2, 0) is 31.7 Å². The summed E-state index contributed by atoms with van der Waals surface area (Å²) in [6.45, 7) is 0.457. The lowest BCUT2D eigenvalue weighted by Crippen LogP contribution is -2.18. The first-order chi connectivity index (χ1) is 17.6. The highest BCUT2D eigenvalue weighted by Gasteiger charge is 2.32. The van der Waals surface area contributed by atoms with Gasteiger partial charge in [-0.1, -0.05) is 24.3 Å². The van der Waals surface area contributed by atoms with E-state index in [0.29, 0.717) is 28.8 Å². The number of nitrogens with one attached hydrogen (secondary N) is 1. The van der Waals surface area contributed by atoms with E-state index in [-0.39, 0.29) is 26.9 Å². The van der Waals surface area contributed by atoms with Gasteiger partial charge in [0.25, 0.3) is 11.1 Å². The zero-order valence-electron chi connectivity index (χ0n) is 20.1. The monoisotopic (exact) mass is 509 g/mol. The number of H-pyrrole nitrogens is 1. The Kier molecular flexibility index (Phi) is 5.87. The Morgan fingerprint density at radius 2 is 1.62 bits per heavy atom. The quantitative estimate of drug-likeness (QED) is 0.381. The molecule has 11 heteroatoms. The molecule has 0 aliphatic rings. The van der Waals surface area contributed by atoms with Gasteiger partial charge in [-0.2, -0.15) is 9.78 Å². The Hall–Kier alpha value is -4.38. The molecule has 190 valence electrons. The van der Waals surface area contributed by atoms with Crippen LogP contribution in [-0.4, -0.2) is 31.0 Å². The number of aromatic nitrogens is 5. The van der Waals surface area contributed by atoms with Crippen molar-refractivity contribution in [1.82, 2.24) is 23.9 Å². The van der Waals surface area contributed by atoms with Gasteiger partial charge in [0.05, 0.1) is 12.8 Å². The van der Waals surface area contributed by atoms with Gasteiger partial charge in [0.1, 0.15) is 5.52 Å². The molecule has 0 saturated carbocycles. The van der Waals surface area contributed by atoms with Crippen molar-refractivity contribution < 1.29 is 17.9 Å². The SMILES string of the molecule is COCc1ccc(-c2cn(C)c(=O)cc2-c2cn(C)c(=O)c3[nH]c(-c4cnn(C(F)(F)F)c4)cc23)cc1. The lowest BCUT2D eigenvalue weighted by atomic mass is 9.94. The molecule has 1 aromatic carbocycles. The Balaban J connectivity index is 1.74. The highest BCUT2D eigenvalue weighted by Crippen LogP contribution is 2.36. The molecular weight excluding hydrogens is 487 g/mol. The van der Waals surface area contributed by atoms with Crippen LogP contribution in [0.3, 0.4) is 0 Å². The van der Waals surface area contributed by atoms with Gasteiger partial charge in [-0.25, -0.2) is 0 Å². The molecule has 37 heavy (non-hydrogen) atoms. The second-order valence-electron chi connectivity index (χ2n) is 8.75. The number of benzene rings is 1. The molecule has 0 fully saturated rings. The summed E-state index contributed by atoms with van der Waals surface area (Å²) in [6, 6.07) is 10.8. The first-order valence-corrected chi connectivity index (χ1v) is 11.2. The largest absolute Gasteiger partial charge is 0.504 e. The second-order valence-corrected chi connectivity index (χ2v) is 8.75. The van der Waals surface area contributed by atoms with Crippen LogP contribution < -0.4 is 11.1 Å². The number of hydrogen-bond acceptors (Lipinski definition) is 4. The molecule has 4 aromatic heterocycles. The van der Waals surface area contributed by atoms with Gasteiger partial charge < -0.3 is 18.9 Å². The Bertz CT molecular complexity index is 1740. The van der Waals surface area contributed by atoms with Crippen molar-refractivity contribution in [2.45, 2.75) is 12.9 Å². The maximum atomic E-state index is 13.1. The van der Waals surface area contributed by atoms with Gasteiger partial charge in [-0.05, 0) is 22.8 Å². The topological polar surface area (TPSA) is 86.8 Å². The van der Waals surface area contributed by atoms with Gasteiger partial charge >= 0.3 is 6.30 Å². The lowest BCUT2D eigenvalue weighted by molar-refractivity contribution is -0.212. The maximum Gasteiger partial charge on any atom is 0.504 e. The zero-order chi connectivity index (χ0) is 26.5. The number of rotatable bonds is 5. The fourth-order valence-corrected chi connectivity index (χ4v) is 4.33. The summed E-state index contributed by atoms with van der Waals surface area (Å²) in [5, 5.41) is 3.86. The molecule has 0 radical (unpaired) electrons. The van der Waals surface area contributed by atoms with Crippen LogP contribution in [0.4, 0.5) is 13.2 Å². The van der Waals surface area contributed by atoms with Crippen LogP contribution in [0, 0.1) is 0 Å². The van der Waals surface area contributed by atoms with E-state index in [1.54, 1.807) is 39.7 Å². The minimum absolute atomic E-state index is 0.0981. The molecule has 0 unspecified atom stereocenters. The van der Waals surface area contributed by atoms with Crippen LogP contribution >= 0.6 is 0 Å². The molecule has 4 heterocycles. The second kappa shape index (κ2) is 8.93. The number of alkyl halides is 3. The number of fused-ring (bicyclic) bond motifs is 1. The van der Waals surface area contributed by atoms with E-state index in [1.807, 2.05) is 24.3 Å². The van der Waals surface area contributed by atoms with Gasteiger partial charge in [-0.15, -0.1) is 13.2 Å². The van der Waals surface area contributed by atoms with Crippen LogP contribution in [0.1, 0.15) is 5.56 Å². The lowest BCUT2D eigenvalue weighted by Gasteiger charge is -2.14. The summed E-state index contributed by atoms with van der Waals surface area (Å²) >= 11 is 0. The first kappa shape index (κ1) is 24.3. The van der Waals surface area contributed by atoms with Crippen molar-refractivity contribution in [3.63, 3.8) is 0 Å². The van der Waals surface area contributed by atoms with Crippen LogP contribution in [0.2, 0.25) is 0 Å². The number of aromatic amines is 1. The molecule has 0 bridgehead atoms. The number of pyridine rings is 2. The molecule has 0 atom stereocenters. The highest BCUT2D eigenvalue weighted by molar-refractivity contribution is 6.00. The van der Waals surface area contributed by atoms with Crippen molar-refractivity contribution in [3.05, 3.63) is 87.5 Å². The smallest absolute Gasteiger partial charge is 0.380 e. The molecule has 5 rings (SSSR count). The van der Waals surface area contributed by atoms with Crippen molar-refractivity contribution in [3.8, 4) is 33.5 Å². The minimum atomic E-state index is -4.66. The number of methoxy groups -OCH3 is 1. The summed E-state index contributed by atoms with van der Waals surface area (Å²) in [5.74, 6) is 0. The predicted octanol–water partition coefficient (Wildman–Crippen LogP) is 4.39. The van der Waals surface area contributed by atoms with Gasteiger partial charge in [0, 0.05) is 73.6 Å². The van der Waals surface area contributed by atoms with E-state index in [0.717, 1.165) is 29.1 Å².